The summed E-state index contributed by atoms with van der Waals surface area (Å²) in [6.07, 6.45) is 1.75. The maximum atomic E-state index is 4.32. The molecule has 94 valence electrons. The van der Waals surface area contributed by atoms with Crippen LogP contribution in [-0.2, 0) is 6.54 Å². The Kier molecular flexibility index (Phi) is 3.66. The van der Waals surface area contributed by atoms with Crippen molar-refractivity contribution in [2.45, 2.75) is 20.4 Å². The molecule has 0 atom stereocenters. The summed E-state index contributed by atoms with van der Waals surface area (Å²) in [5.41, 5.74) is 1.85. The van der Waals surface area contributed by atoms with Crippen LogP contribution >= 0.6 is 0 Å². The van der Waals surface area contributed by atoms with Gasteiger partial charge < -0.3 is 10.6 Å². The summed E-state index contributed by atoms with van der Waals surface area (Å²) >= 11 is 0. The van der Waals surface area contributed by atoms with Crippen molar-refractivity contribution in [3.63, 3.8) is 0 Å². The number of hydrogen-bond acceptors (Lipinski definition) is 6. The van der Waals surface area contributed by atoms with E-state index in [9.17, 15) is 0 Å². The molecule has 2 heterocycles. The minimum absolute atomic E-state index is 0.608. The largest absolute Gasteiger partial charge is 0.364 e. The lowest BCUT2D eigenvalue weighted by molar-refractivity contribution is 0.946. The first-order valence-electron chi connectivity index (χ1n) is 5.73. The molecule has 0 amide bonds. The van der Waals surface area contributed by atoms with Crippen LogP contribution in [0.4, 0.5) is 11.8 Å². The zero-order valence-electron chi connectivity index (χ0n) is 10.7. The normalized spacial score (nSPS) is 10.2. The number of nitrogens with zero attached hydrogens (tertiary/aromatic N) is 4. The SMILES string of the molecule is CNc1nc(C)cc(NCc2ccnc(C)n2)n1. The fraction of sp³-hybridized carbons (Fsp3) is 0.333. The Hall–Kier alpha value is -2.24. The molecular formula is C12H16N6. The molecular weight excluding hydrogens is 228 g/mol. The Morgan fingerprint density at radius 3 is 2.72 bits per heavy atom. The Morgan fingerprint density at radius 2 is 2.00 bits per heavy atom. The molecule has 6 nitrogen and oxygen atoms in total. The van der Waals surface area contributed by atoms with E-state index in [1.807, 2.05) is 26.0 Å². The Bertz CT molecular complexity index is 540. The van der Waals surface area contributed by atoms with E-state index in [2.05, 4.69) is 30.6 Å². The number of anilines is 2. The molecule has 2 N–H and O–H groups in total. The predicted octanol–water partition coefficient (Wildman–Crippen LogP) is 1.54. The van der Waals surface area contributed by atoms with E-state index in [4.69, 9.17) is 0 Å². The quantitative estimate of drug-likeness (QED) is 0.849. The van der Waals surface area contributed by atoms with Crippen molar-refractivity contribution in [2.24, 2.45) is 0 Å². The summed E-state index contributed by atoms with van der Waals surface area (Å²) in [4.78, 5) is 16.9. The number of aryl methyl sites for hydroxylation is 2. The number of hydrogen-bond donors (Lipinski definition) is 2. The molecule has 0 saturated carbocycles. The molecule has 0 spiro atoms. The van der Waals surface area contributed by atoms with Crippen molar-refractivity contribution in [1.82, 2.24) is 19.9 Å². The number of rotatable bonds is 4. The summed E-state index contributed by atoms with van der Waals surface area (Å²) in [6, 6.07) is 3.78. The van der Waals surface area contributed by atoms with Crippen molar-refractivity contribution >= 4 is 11.8 Å². The van der Waals surface area contributed by atoms with Crippen molar-refractivity contribution < 1.29 is 0 Å². The van der Waals surface area contributed by atoms with Crippen LogP contribution in [0, 0.1) is 13.8 Å². The van der Waals surface area contributed by atoms with E-state index in [1.165, 1.54) is 0 Å². The van der Waals surface area contributed by atoms with Gasteiger partial charge in [0.25, 0.3) is 0 Å². The van der Waals surface area contributed by atoms with Crippen LogP contribution in [0.5, 0.6) is 0 Å². The van der Waals surface area contributed by atoms with E-state index in [0.717, 1.165) is 23.0 Å². The van der Waals surface area contributed by atoms with E-state index >= 15 is 0 Å². The summed E-state index contributed by atoms with van der Waals surface area (Å²) < 4.78 is 0. The Morgan fingerprint density at radius 1 is 1.17 bits per heavy atom. The Labute approximate surface area is 106 Å². The highest BCUT2D eigenvalue weighted by Gasteiger charge is 2.01. The molecule has 0 aliphatic heterocycles. The van der Waals surface area contributed by atoms with Crippen molar-refractivity contribution in [2.75, 3.05) is 17.7 Å². The number of aromatic nitrogens is 4. The predicted molar refractivity (Wildman–Crippen MR) is 70.4 cm³/mol. The van der Waals surface area contributed by atoms with Gasteiger partial charge in [-0.15, -0.1) is 0 Å². The maximum Gasteiger partial charge on any atom is 0.224 e. The highest BCUT2D eigenvalue weighted by Crippen LogP contribution is 2.10. The smallest absolute Gasteiger partial charge is 0.224 e. The molecule has 0 aliphatic rings. The van der Waals surface area contributed by atoms with Crippen LogP contribution in [0.3, 0.4) is 0 Å². The Balaban J connectivity index is 2.08. The van der Waals surface area contributed by atoms with Gasteiger partial charge in [-0.3, -0.25) is 0 Å². The molecule has 0 unspecified atom stereocenters. The average Bonchev–Trinajstić information content (AvgIpc) is 2.36. The maximum absolute atomic E-state index is 4.32. The molecule has 2 aromatic rings. The van der Waals surface area contributed by atoms with Crippen LogP contribution in [0.1, 0.15) is 17.2 Å². The third kappa shape index (κ3) is 3.13. The highest BCUT2D eigenvalue weighted by atomic mass is 15.1. The second-order valence-electron chi connectivity index (χ2n) is 3.92. The van der Waals surface area contributed by atoms with Gasteiger partial charge in [0, 0.05) is 25.0 Å². The molecule has 0 aromatic carbocycles. The fourth-order valence-electron chi connectivity index (χ4n) is 1.56. The van der Waals surface area contributed by atoms with Gasteiger partial charge in [-0.25, -0.2) is 15.0 Å². The second kappa shape index (κ2) is 5.39. The number of nitrogens with one attached hydrogen (secondary N) is 2. The summed E-state index contributed by atoms with van der Waals surface area (Å²) in [5, 5.41) is 6.15. The van der Waals surface area contributed by atoms with Gasteiger partial charge in [0.1, 0.15) is 11.6 Å². The minimum atomic E-state index is 0.608. The summed E-state index contributed by atoms with van der Waals surface area (Å²) in [5.74, 6) is 2.16. The van der Waals surface area contributed by atoms with Gasteiger partial charge in [-0.05, 0) is 19.9 Å². The van der Waals surface area contributed by atoms with Gasteiger partial charge >= 0.3 is 0 Å². The minimum Gasteiger partial charge on any atom is -0.364 e. The lowest BCUT2D eigenvalue weighted by Gasteiger charge is -2.08. The van der Waals surface area contributed by atoms with Gasteiger partial charge in [-0.2, -0.15) is 4.98 Å². The third-order valence-electron chi connectivity index (χ3n) is 2.36. The van der Waals surface area contributed by atoms with Crippen LogP contribution in [0.15, 0.2) is 18.3 Å². The first-order valence-corrected chi connectivity index (χ1v) is 5.73. The van der Waals surface area contributed by atoms with Gasteiger partial charge in [0.05, 0.1) is 12.2 Å². The molecule has 2 aromatic heterocycles. The lowest BCUT2D eigenvalue weighted by Crippen LogP contribution is -2.07. The van der Waals surface area contributed by atoms with Gasteiger partial charge in [0.2, 0.25) is 5.95 Å². The fourth-order valence-corrected chi connectivity index (χ4v) is 1.56. The van der Waals surface area contributed by atoms with E-state index < -0.39 is 0 Å². The first-order chi connectivity index (χ1) is 8.67. The van der Waals surface area contributed by atoms with E-state index in [-0.39, 0.29) is 0 Å². The van der Waals surface area contributed by atoms with Gasteiger partial charge in [0.15, 0.2) is 0 Å². The molecule has 0 fully saturated rings. The molecule has 6 heteroatoms. The van der Waals surface area contributed by atoms with Crippen molar-refractivity contribution in [3.8, 4) is 0 Å². The van der Waals surface area contributed by atoms with Gasteiger partial charge in [-0.1, -0.05) is 0 Å². The second-order valence-corrected chi connectivity index (χ2v) is 3.92. The third-order valence-corrected chi connectivity index (χ3v) is 2.36. The topological polar surface area (TPSA) is 75.6 Å². The summed E-state index contributed by atoms with van der Waals surface area (Å²) in [6.45, 7) is 4.42. The standard InChI is InChI=1S/C12H16N6/c1-8-6-11(18-12(13-3)16-8)15-7-10-4-5-14-9(2)17-10/h4-6H,7H2,1-3H3,(H2,13,15,16,18). The summed E-state index contributed by atoms with van der Waals surface area (Å²) in [7, 11) is 1.80. The van der Waals surface area contributed by atoms with Crippen LogP contribution < -0.4 is 10.6 Å². The molecule has 2 rings (SSSR count). The van der Waals surface area contributed by atoms with Crippen molar-refractivity contribution in [3.05, 3.63) is 35.5 Å². The van der Waals surface area contributed by atoms with E-state index in [1.54, 1.807) is 13.2 Å². The molecule has 0 bridgehead atoms. The van der Waals surface area contributed by atoms with Crippen LogP contribution in [0.2, 0.25) is 0 Å². The molecule has 0 saturated heterocycles. The molecule has 18 heavy (non-hydrogen) atoms. The molecule has 0 radical (unpaired) electrons. The highest BCUT2D eigenvalue weighted by molar-refractivity contribution is 5.42. The van der Waals surface area contributed by atoms with Crippen LogP contribution in [-0.4, -0.2) is 27.0 Å². The first kappa shape index (κ1) is 12.2. The zero-order valence-corrected chi connectivity index (χ0v) is 10.7. The zero-order chi connectivity index (χ0) is 13.0. The monoisotopic (exact) mass is 244 g/mol. The average molecular weight is 244 g/mol. The molecule has 0 aliphatic carbocycles. The van der Waals surface area contributed by atoms with Crippen LogP contribution in [0.25, 0.3) is 0 Å². The lowest BCUT2D eigenvalue weighted by atomic mass is 10.3. The van der Waals surface area contributed by atoms with Crippen molar-refractivity contribution in [1.29, 1.82) is 0 Å². The van der Waals surface area contributed by atoms with E-state index in [0.29, 0.717) is 12.5 Å².